The Morgan fingerprint density at radius 1 is 1.19 bits per heavy atom. The van der Waals surface area contributed by atoms with E-state index in [-0.39, 0.29) is 12.0 Å². The van der Waals surface area contributed by atoms with Crippen molar-refractivity contribution in [2.45, 2.75) is 24.7 Å². The Labute approximate surface area is 160 Å². The zero-order valence-electron chi connectivity index (χ0n) is 14.5. The van der Waals surface area contributed by atoms with Gasteiger partial charge in [-0.3, -0.25) is 0 Å². The van der Waals surface area contributed by atoms with Gasteiger partial charge in [0.2, 0.25) is 0 Å². The zero-order chi connectivity index (χ0) is 18.5. The Bertz CT molecular complexity index is 1120. The molecule has 4 atom stereocenters. The van der Waals surface area contributed by atoms with E-state index < -0.39 is 12.2 Å². The summed E-state index contributed by atoms with van der Waals surface area (Å²) in [5.74, 6) is 0.536. The summed E-state index contributed by atoms with van der Waals surface area (Å²) in [6.45, 7) is 3.91. The van der Waals surface area contributed by atoms with Gasteiger partial charge in [-0.1, -0.05) is 18.2 Å². The highest BCUT2D eigenvalue weighted by Gasteiger charge is 2.39. The third kappa shape index (κ3) is 2.70. The van der Waals surface area contributed by atoms with E-state index in [1.54, 1.807) is 22.0 Å². The molecular weight excluding hydrogens is 360 g/mol. The SMILES string of the molecule is [CH2][C@@H]1C[C@@H](Nc2ccnc3cc(-c4cccc5ccsc45)nn23)[C@H](O)[C@@H]1O. The molecule has 1 fully saturated rings. The minimum absolute atomic E-state index is 0.195. The second-order valence-electron chi connectivity index (χ2n) is 7.00. The van der Waals surface area contributed by atoms with Crippen LogP contribution < -0.4 is 5.32 Å². The molecule has 1 aliphatic rings. The molecule has 3 N–H and O–H groups in total. The van der Waals surface area contributed by atoms with Crippen LogP contribution in [0, 0.1) is 12.8 Å². The fourth-order valence-electron chi connectivity index (χ4n) is 3.79. The summed E-state index contributed by atoms with van der Waals surface area (Å²) in [5, 5.41) is 31.6. The molecule has 5 rings (SSSR count). The van der Waals surface area contributed by atoms with Gasteiger partial charge in [-0.15, -0.1) is 11.3 Å². The number of anilines is 1. The summed E-state index contributed by atoms with van der Waals surface area (Å²) in [6, 6.07) is 11.8. The predicted octanol–water partition coefficient (Wildman–Crippen LogP) is 2.97. The van der Waals surface area contributed by atoms with Crippen LogP contribution >= 0.6 is 11.3 Å². The summed E-state index contributed by atoms with van der Waals surface area (Å²) in [4.78, 5) is 4.42. The third-order valence-corrected chi connectivity index (χ3v) is 6.21. The highest BCUT2D eigenvalue weighted by atomic mass is 32.1. The number of thiophene rings is 1. The number of aromatic nitrogens is 3. The van der Waals surface area contributed by atoms with Crippen LogP contribution in [0.15, 0.2) is 48.0 Å². The molecule has 0 saturated heterocycles. The Kier molecular flexibility index (Phi) is 3.89. The molecule has 0 unspecified atom stereocenters. The second kappa shape index (κ2) is 6.30. The van der Waals surface area contributed by atoms with E-state index >= 15 is 0 Å². The first-order chi connectivity index (χ1) is 13.1. The van der Waals surface area contributed by atoms with Crippen molar-refractivity contribution in [3.05, 3.63) is 54.9 Å². The molecule has 6 nitrogen and oxygen atoms in total. The summed E-state index contributed by atoms with van der Waals surface area (Å²) in [5.41, 5.74) is 2.66. The summed E-state index contributed by atoms with van der Waals surface area (Å²) < 4.78 is 2.95. The highest BCUT2D eigenvalue weighted by molar-refractivity contribution is 7.17. The van der Waals surface area contributed by atoms with Crippen LogP contribution in [0.5, 0.6) is 0 Å². The first-order valence-corrected chi connectivity index (χ1v) is 9.77. The van der Waals surface area contributed by atoms with Gasteiger partial charge < -0.3 is 15.5 Å². The van der Waals surface area contributed by atoms with Crippen molar-refractivity contribution in [3.63, 3.8) is 0 Å². The number of fused-ring (bicyclic) bond motifs is 2. The lowest BCUT2D eigenvalue weighted by Crippen LogP contribution is -2.35. The molecule has 1 saturated carbocycles. The van der Waals surface area contributed by atoms with E-state index in [1.807, 2.05) is 18.2 Å². The summed E-state index contributed by atoms with van der Waals surface area (Å²) in [6.07, 6.45) is 0.637. The van der Waals surface area contributed by atoms with E-state index in [4.69, 9.17) is 5.10 Å². The average Bonchev–Trinajstić information content (AvgIpc) is 3.37. The van der Waals surface area contributed by atoms with Crippen LogP contribution in [0.4, 0.5) is 5.82 Å². The van der Waals surface area contributed by atoms with Crippen molar-refractivity contribution in [1.29, 1.82) is 0 Å². The number of nitrogens with zero attached hydrogens (tertiary/aromatic N) is 3. The monoisotopic (exact) mass is 379 g/mol. The average molecular weight is 379 g/mol. The number of hydrogen-bond acceptors (Lipinski definition) is 6. The van der Waals surface area contributed by atoms with Gasteiger partial charge >= 0.3 is 0 Å². The molecule has 3 aromatic heterocycles. The largest absolute Gasteiger partial charge is 0.390 e. The molecule has 1 radical (unpaired) electrons. The first kappa shape index (κ1) is 16.7. The second-order valence-corrected chi connectivity index (χ2v) is 7.92. The number of aliphatic hydroxyl groups is 2. The van der Waals surface area contributed by atoms with Crippen molar-refractivity contribution in [2.75, 3.05) is 5.32 Å². The maximum Gasteiger partial charge on any atom is 0.157 e. The van der Waals surface area contributed by atoms with Gasteiger partial charge in [0.1, 0.15) is 11.9 Å². The van der Waals surface area contributed by atoms with Gasteiger partial charge in [-0.2, -0.15) is 9.61 Å². The lowest BCUT2D eigenvalue weighted by molar-refractivity contribution is 0.0256. The Morgan fingerprint density at radius 3 is 2.89 bits per heavy atom. The van der Waals surface area contributed by atoms with E-state index in [0.717, 1.165) is 22.7 Å². The molecule has 0 amide bonds. The zero-order valence-corrected chi connectivity index (χ0v) is 15.3. The molecule has 0 bridgehead atoms. The third-order valence-electron chi connectivity index (χ3n) is 5.25. The Hall–Kier alpha value is -2.48. The minimum atomic E-state index is -0.856. The topological polar surface area (TPSA) is 82.7 Å². The van der Waals surface area contributed by atoms with Gasteiger partial charge in [0.25, 0.3) is 0 Å². The Balaban J connectivity index is 1.55. The van der Waals surface area contributed by atoms with E-state index in [2.05, 4.69) is 40.8 Å². The molecule has 0 aliphatic heterocycles. The van der Waals surface area contributed by atoms with Gasteiger partial charge in [-0.05, 0) is 42.2 Å². The Morgan fingerprint density at radius 2 is 2.07 bits per heavy atom. The van der Waals surface area contributed by atoms with Crippen LogP contribution in [-0.2, 0) is 0 Å². The number of aliphatic hydroxyl groups excluding tert-OH is 2. The van der Waals surface area contributed by atoms with Gasteiger partial charge in [0.15, 0.2) is 5.65 Å². The van der Waals surface area contributed by atoms with Gasteiger partial charge in [-0.25, -0.2) is 4.98 Å². The summed E-state index contributed by atoms with van der Waals surface area (Å²) in [7, 11) is 0. The van der Waals surface area contributed by atoms with Crippen molar-refractivity contribution in [1.82, 2.24) is 14.6 Å². The molecular formula is C20H19N4O2S. The normalized spacial score (nSPS) is 25.4. The van der Waals surface area contributed by atoms with Crippen molar-refractivity contribution in [2.24, 2.45) is 5.92 Å². The van der Waals surface area contributed by atoms with Crippen molar-refractivity contribution < 1.29 is 10.2 Å². The molecule has 0 spiro atoms. The lowest BCUT2D eigenvalue weighted by Gasteiger charge is -2.19. The van der Waals surface area contributed by atoms with Gasteiger partial charge in [0.05, 0.1) is 17.8 Å². The molecule has 1 aromatic carbocycles. The quantitative estimate of drug-likeness (QED) is 0.510. The minimum Gasteiger partial charge on any atom is -0.390 e. The molecule has 1 aliphatic carbocycles. The smallest absolute Gasteiger partial charge is 0.157 e. The number of nitrogens with one attached hydrogen (secondary N) is 1. The molecule has 4 aromatic rings. The molecule has 27 heavy (non-hydrogen) atoms. The lowest BCUT2D eigenvalue weighted by atomic mass is 10.1. The van der Waals surface area contributed by atoms with Crippen molar-refractivity contribution >= 4 is 32.9 Å². The number of hydrogen-bond donors (Lipinski definition) is 3. The number of benzene rings is 1. The molecule has 7 heteroatoms. The van der Waals surface area contributed by atoms with Crippen LogP contribution in [0.2, 0.25) is 0 Å². The first-order valence-electron chi connectivity index (χ1n) is 8.89. The number of rotatable bonds is 3. The maximum absolute atomic E-state index is 10.2. The predicted molar refractivity (Wildman–Crippen MR) is 107 cm³/mol. The summed E-state index contributed by atoms with van der Waals surface area (Å²) >= 11 is 1.70. The molecule has 137 valence electrons. The van der Waals surface area contributed by atoms with E-state index in [9.17, 15) is 10.2 Å². The van der Waals surface area contributed by atoms with Crippen LogP contribution in [0.25, 0.3) is 27.0 Å². The van der Waals surface area contributed by atoms with E-state index in [0.29, 0.717) is 6.42 Å². The van der Waals surface area contributed by atoms with Gasteiger partial charge in [0, 0.05) is 22.5 Å². The van der Waals surface area contributed by atoms with Crippen LogP contribution in [0.1, 0.15) is 6.42 Å². The fourth-order valence-corrected chi connectivity index (χ4v) is 4.71. The maximum atomic E-state index is 10.2. The van der Waals surface area contributed by atoms with E-state index in [1.165, 1.54) is 10.1 Å². The van der Waals surface area contributed by atoms with Crippen LogP contribution in [0.3, 0.4) is 0 Å². The van der Waals surface area contributed by atoms with Crippen molar-refractivity contribution in [3.8, 4) is 11.3 Å². The fraction of sp³-hybridized carbons (Fsp3) is 0.250. The standard InChI is InChI=1S/C20H19N4O2S/c1-11-9-15(19(26)18(11)25)22-16-5-7-21-17-10-14(23-24(16)17)13-4-2-3-12-6-8-27-20(12)13/h2-8,10-11,15,18-19,22,25-26H,1,9H2/t11-,15-,18-,19+/m1/s1. The molecule has 3 heterocycles. The highest BCUT2D eigenvalue weighted by Crippen LogP contribution is 2.33. The van der Waals surface area contributed by atoms with Crippen LogP contribution in [-0.4, -0.2) is 43.1 Å².